The molecule has 0 saturated heterocycles. The van der Waals surface area contributed by atoms with Gasteiger partial charge in [0.15, 0.2) is 11.6 Å². The van der Waals surface area contributed by atoms with Crippen molar-refractivity contribution in [1.82, 2.24) is 0 Å². The fraction of sp³-hybridized carbons (Fsp3) is 0.545. The summed E-state index contributed by atoms with van der Waals surface area (Å²) in [5.41, 5.74) is 0.276. The van der Waals surface area contributed by atoms with Crippen molar-refractivity contribution in [2.75, 3.05) is 19.1 Å². The summed E-state index contributed by atoms with van der Waals surface area (Å²) in [6, 6.07) is 0. The number of hydrogen-bond acceptors (Lipinski definition) is 6. The van der Waals surface area contributed by atoms with E-state index >= 15 is 0 Å². The second kappa shape index (κ2) is 6.86. The summed E-state index contributed by atoms with van der Waals surface area (Å²) in [4.78, 5) is 34.4. The predicted molar refractivity (Wildman–Crippen MR) is 68.9 cm³/mol. The highest BCUT2D eigenvalue weighted by atomic mass is 32.2. The topological polar surface area (TPSA) is 60.4 Å². The molecule has 0 N–H and O–H groups in total. The molecule has 0 spiro atoms. The van der Waals surface area contributed by atoms with E-state index in [1.165, 1.54) is 30.6 Å². The summed E-state index contributed by atoms with van der Waals surface area (Å²) in [5.74, 6) is -0.458. The van der Waals surface area contributed by atoms with Gasteiger partial charge in [0, 0.05) is 12.8 Å². The minimum absolute atomic E-state index is 0.108. The highest BCUT2D eigenvalue weighted by Crippen LogP contribution is 2.33. The molecule has 0 aromatic carbocycles. The highest BCUT2D eigenvalue weighted by Gasteiger charge is 2.27. The van der Waals surface area contributed by atoms with E-state index in [9.17, 15) is 14.4 Å². The average Bonchev–Trinajstić information content (AvgIpc) is 2.32. The molecular weight excluding hydrogens is 260 g/mol. The molecule has 0 aliphatic heterocycles. The molecule has 0 amide bonds. The van der Waals surface area contributed by atoms with E-state index in [0.29, 0.717) is 23.5 Å². The van der Waals surface area contributed by atoms with Gasteiger partial charge in [-0.25, -0.2) is 0 Å². The van der Waals surface area contributed by atoms with Crippen molar-refractivity contribution >= 4 is 41.1 Å². The van der Waals surface area contributed by atoms with E-state index in [4.69, 9.17) is 0 Å². The van der Waals surface area contributed by atoms with Crippen LogP contribution in [0.2, 0.25) is 0 Å². The maximum atomic E-state index is 11.7. The van der Waals surface area contributed by atoms with Crippen molar-refractivity contribution in [1.29, 1.82) is 0 Å². The van der Waals surface area contributed by atoms with E-state index in [0.717, 1.165) is 0 Å². The summed E-state index contributed by atoms with van der Waals surface area (Å²) in [5, 5.41) is 0. The smallest absolute Gasteiger partial charge is 0.316 e. The van der Waals surface area contributed by atoms with Crippen LogP contribution < -0.4 is 0 Å². The third-order valence-electron chi connectivity index (χ3n) is 2.30. The van der Waals surface area contributed by atoms with E-state index < -0.39 is 0 Å². The number of esters is 1. The Kier molecular flexibility index (Phi) is 5.77. The van der Waals surface area contributed by atoms with Crippen LogP contribution in [0.5, 0.6) is 0 Å². The number of thioether (sulfide) groups is 2. The number of rotatable bonds is 4. The molecule has 1 fully saturated rings. The molecule has 1 aliphatic rings. The molecule has 6 heteroatoms. The van der Waals surface area contributed by atoms with Crippen molar-refractivity contribution in [2.24, 2.45) is 0 Å². The van der Waals surface area contributed by atoms with Gasteiger partial charge in [-0.15, -0.1) is 23.5 Å². The molecule has 94 valence electrons. The third-order valence-corrected chi connectivity index (χ3v) is 4.58. The van der Waals surface area contributed by atoms with Gasteiger partial charge >= 0.3 is 5.97 Å². The van der Waals surface area contributed by atoms with Crippen LogP contribution >= 0.6 is 23.5 Å². The van der Waals surface area contributed by atoms with Crippen molar-refractivity contribution in [2.45, 2.75) is 19.3 Å². The van der Waals surface area contributed by atoms with Gasteiger partial charge in [0.1, 0.15) is 0 Å². The quantitative estimate of drug-likeness (QED) is 0.442. The Balaban J connectivity index is 2.84. The van der Waals surface area contributed by atoms with Crippen LogP contribution in [-0.4, -0.2) is 36.7 Å². The minimum atomic E-state index is -0.363. The van der Waals surface area contributed by atoms with Gasteiger partial charge < -0.3 is 4.74 Å². The fourth-order valence-electron chi connectivity index (χ4n) is 1.46. The zero-order valence-corrected chi connectivity index (χ0v) is 11.4. The standard InChI is InChI=1S/C11H14O4S2/c1-15-9(14)6-17-11(16-2)10-7(12)4-3-5-8(10)13/h3-6H2,1-2H3. The van der Waals surface area contributed by atoms with Crippen LogP contribution in [0.15, 0.2) is 9.81 Å². The zero-order valence-electron chi connectivity index (χ0n) is 9.78. The molecule has 17 heavy (non-hydrogen) atoms. The molecule has 0 atom stereocenters. The van der Waals surface area contributed by atoms with Gasteiger partial charge in [0.05, 0.1) is 22.7 Å². The Hall–Kier alpha value is -0.750. The number of ketones is 2. The van der Waals surface area contributed by atoms with Crippen molar-refractivity contribution < 1.29 is 19.1 Å². The van der Waals surface area contributed by atoms with Gasteiger partial charge in [0.25, 0.3) is 0 Å². The number of allylic oxidation sites excluding steroid dienone is 1. The number of methoxy groups -OCH3 is 1. The first-order valence-corrected chi connectivity index (χ1v) is 7.35. The van der Waals surface area contributed by atoms with Crippen molar-refractivity contribution in [3.05, 3.63) is 9.81 Å². The Labute approximate surface area is 109 Å². The molecule has 1 rings (SSSR count). The van der Waals surface area contributed by atoms with Crippen LogP contribution in [0.1, 0.15) is 19.3 Å². The molecule has 1 aliphatic carbocycles. The minimum Gasteiger partial charge on any atom is -0.468 e. The normalized spacial score (nSPS) is 16.0. The van der Waals surface area contributed by atoms with E-state index in [-0.39, 0.29) is 28.9 Å². The molecule has 0 bridgehead atoms. The van der Waals surface area contributed by atoms with Crippen LogP contribution in [0.3, 0.4) is 0 Å². The lowest BCUT2D eigenvalue weighted by atomic mass is 9.94. The van der Waals surface area contributed by atoms with Gasteiger partial charge in [0.2, 0.25) is 0 Å². The number of carbonyl (C=O) groups excluding carboxylic acids is 3. The summed E-state index contributed by atoms with van der Waals surface area (Å²) in [6.07, 6.45) is 3.26. The number of Topliss-reactive ketones (excluding diaryl/α,β-unsaturated/α-hetero) is 2. The maximum Gasteiger partial charge on any atom is 0.316 e. The summed E-state index contributed by atoms with van der Waals surface area (Å²) >= 11 is 2.52. The number of ether oxygens (including phenoxy) is 1. The highest BCUT2D eigenvalue weighted by molar-refractivity contribution is 8.22. The summed E-state index contributed by atoms with van der Waals surface area (Å²) < 4.78 is 5.15. The lowest BCUT2D eigenvalue weighted by molar-refractivity contribution is -0.137. The fourth-order valence-corrected chi connectivity index (χ4v) is 3.28. The second-order valence-corrected chi connectivity index (χ2v) is 5.49. The van der Waals surface area contributed by atoms with Gasteiger partial charge in [-0.2, -0.15) is 0 Å². The first kappa shape index (κ1) is 14.3. The SMILES string of the molecule is COC(=O)CSC(SC)=C1C(=O)CCCC1=O. The molecule has 0 aromatic rings. The first-order chi connectivity index (χ1) is 8.10. The lowest BCUT2D eigenvalue weighted by Crippen LogP contribution is -2.20. The number of carbonyl (C=O) groups is 3. The second-order valence-electron chi connectivity index (χ2n) is 3.43. The number of hydrogen-bond donors (Lipinski definition) is 0. The van der Waals surface area contributed by atoms with Crippen LogP contribution in [-0.2, 0) is 19.1 Å². The monoisotopic (exact) mass is 274 g/mol. The third kappa shape index (κ3) is 3.89. The van der Waals surface area contributed by atoms with Gasteiger partial charge in [-0.05, 0) is 12.7 Å². The first-order valence-electron chi connectivity index (χ1n) is 5.14. The zero-order chi connectivity index (χ0) is 12.8. The molecule has 0 unspecified atom stereocenters. The Bertz CT molecular complexity index is 356. The Morgan fingerprint density at radius 2 is 1.88 bits per heavy atom. The van der Waals surface area contributed by atoms with E-state index in [1.54, 1.807) is 6.26 Å². The van der Waals surface area contributed by atoms with Crippen LogP contribution in [0.4, 0.5) is 0 Å². The molecule has 0 radical (unpaired) electrons. The Morgan fingerprint density at radius 3 is 2.35 bits per heavy atom. The average molecular weight is 274 g/mol. The largest absolute Gasteiger partial charge is 0.468 e. The van der Waals surface area contributed by atoms with Crippen molar-refractivity contribution in [3.8, 4) is 0 Å². The van der Waals surface area contributed by atoms with E-state index in [1.807, 2.05) is 0 Å². The summed E-state index contributed by atoms with van der Waals surface area (Å²) in [7, 11) is 1.31. The van der Waals surface area contributed by atoms with Gasteiger partial charge in [-0.3, -0.25) is 14.4 Å². The maximum absolute atomic E-state index is 11.7. The Morgan fingerprint density at radius 1 is 1.29 bits per heavy atom. The van der Waals surface area contributed by atoms with Crippen LogP contribution in [0, 0.1) is 0 Å². The molecule has 4 nitrogen and oxygen atoms in total. The predicted octanol–water partition coefficient (Wildman–Crippen LogP) is 1.79. The van der Waals surface area contributed by atoms with Crippen molar-refractivity contribution in [3.63, 3.8) is 0 Å². The van der Waals surface area contributed by atoms with Crippen LogP contribution in [0.25, 0.3) is 0 Å². The molecular formula is C11H14O4S2. The molecule has 0 heterocycles. The molecule has 0 aromatic heterocycles. The van der Waals surface area contributed by atoms with E-state index in [2.05, 4.69) is 4.74 Å². The van der Waals surface area contributed by atoms with Gasteiger partial charge in [-0.1, -0.05) is 0 Å². The summed E-state index contributed by atoms with van der Waals surface area (Å²) in [6.45, 7) is 0. The molecule has 1 saturated carbocycles. The lowest BCUT2D eigenvalue weighted by Gasteiger charge is -2.15.